The number of carbonyl (C=O) groups is 1. The first-order chi connectivity index (χ1) is 14.6. The Balaban J connectivity index is 1.40. The Morgan fingerprint density at radius 3 is 2.83 bits per heavy atom. The van der Waals surface area contributed by atoms with Gasteiger partial charge in [-0.05, 0) is 42.8 Å². The smallest absolute Gasteiger partial charge is 0.408 e. The molecule has 0 aliphatic rings. The number of pyridine rings is 1. The molecule has 0 spiro atoms. The summed E-state index contributed by atoms with van der Waals surface area (Å²) in [6.07, 6.45) is 3.91. The Labute approximate surface area is 171 Å². The van der Waals surface area contributed by atoms with Crippen molar-refractivity contribution in [3.05, 3.63) is 89.2 Å². The number of hydrogen-bond acceptors (Lipinski definition) is 4. The molecule has 0 saturated carbocycles. The summed E-state index contributed by atoms with van der Waals surface area (Å²) in [5.74, 6) is -0.869. The number of amides is 1. The maximum atomic E-state index is 12.6. The van der Waals surface area contributed by atoms with Crippen molar-refractivity contribution in [1.29, 1.82) is 0 Å². The molecule has 0 fully saturated rings. The lowest BCUT2D eigenvalue weighted by molar-refractivity contribution is -0.116. The van der Waals surface area contributed by atoms with Crippen LogP contribution in [0.15, 0.2) is 82.3 Å². The summed E-state index contributed by atoms with van der Waals surface area (Å²) >= 11 is 0. The van der Waals surface area contributed by atoms with Gasteiger partial charge in [-0.25, -0.2) is 9.78 Å². The third kappa shape index (κ3) is 3.16. The molecule has 3 heterocycles. The highest BCUT2D eigenvalue weighted by atomic mass is 16.4. The summed E-state index contributed by atoms with van der Waals surface area (Å²) in [6, 6.07) is 18.5. The van der Waals surface area contributed by atoms with Crippen molar-refractivity contribution in [2.75, 3.05) is 5.32 Å². The van der Waals surface area contributed by atoms with Gasteiger partial charge in [0, 0.05) is 23.6 Å². The van der Waals surface area contributed by atoms with Gasteiger partial charge in [0.1, 0.15) is 12.2 Å². The van der Waals surface area contributed by atoms with E-state index in [2.05, 4.69) is 5.32 Å². The standard InChI is InChI=1S/C23H18N4O3/c1-15-6-5-11-26-13-18(25-22(15)26)16-7-4-8-17(12-16)24-21(28)14-27-19-9-2-3-10-20(19)30-23(27)29/h2-13H,14H2,1H3,(H,24,28). The number of carbonyl (C=O) groups excluding carboxylic acids is 1. The molecule has 5 rings (SSSR count). The van der Waals surface area contributed by atoms with E-state index in [0.717, 1.165) is 22.5 Å². The molecule has 7 nitrogen and oxygen atoms in total. The predicted molar refractivity (Wildman–Crippen MR) is 114 cm³/mol. The quantitative estimate of drug-likeness (QED) is 0.498. The molecule has 1 N–H and O–H groups in total. The van der Waals surface area contributed by atoms with E-state index in [1.807, 2.05) is 54.0 Å². The molecule has 30 heavy (non-hydrogen) atoms. The van der Waals surface area contributed by atoms with E-state index < -0.39 is 5.76 Å². The number of imidazole rings is 1. The van der Waals surface area contributed by atoms with Crippen molar-refractivity contribution in [1.82, 2.24) is 14.0 Å². The molecule has 0 aliphatic carbocycles. The number of rotatable bonds is 4. The lowest BCUT2D eigenvalue weighted by atomic mass is 10.1. The zero-order valence-electron chi connectivity index (χ0n) is 16.2. The maximum absolute atomic E-state index is 12.6. The van der Waals surface area contributed by atoms with Crippen molar-refractivity contribution in [3.8, 4) is 11.3 Å². The monoisotopic (exact) mass is 398 g/mol. The molecule has 148 valence electrons. The van der Waals surface area contributed by atoms with Crippen LogP contribution in [0.25, 0.3) is 28.0 Å². The largest absolute Gasteiger partial charge is 0.420 e. The summed E-state index contributed by atoms with van der Waals surface area (Å²) in [4.78, 5) is 29.4. The highest BCUT2D eigenvalue weighted by Crippen LogP contribution is 2.23. The molecule has 0 unspecified atom stereocenters. The minimum atomic E-state index is -0.555. The first kappa shape index (κ1) is 17.9. The molecule has 3 aromatic heterocycles. The molecule has 0 radical (unpaired) electrons. The van der Waals surface area contributed by atoms with Crippen molar-refractivity contribution in [2.45, 2.75) is 13.5 Å². The number of aromatic nitrogens is 3. The van der Waals surface area contributed by atoms with Crippen LogP contribution in [0.4, 0.5) is 5.69 Å². The molecule has 2 aromatic carbocycles. The van der Waals surface area contributed by atoms with Crippen molar-refractivity contribution < 1.29 is 9.21 Å². The molecule has 0 saturated heterocycles. The minimum Gasteiger partial charge on any atom is -0.408 e. The van der Waals surface area contributed by atoms with E-state index in [1.54, 1.807) is 30.3 Å². The third-order valence-electron chi connectivity index (χ3n) is 5.00. The summed E-state index contributed by atoms with van der Waals surface area (Å²) in [5, 5.41) is 2.85. The average molecular weight is 398 g/mol. The first-order valence-corrected chi connectivity index (χ1v) is 9.51. The second-order valence-corrected chi connectivity index (χ2v) is 7.10. The topological polar surface area (TPSA) is 81.5 Å². The van der Waals surface area contributed by atoms with Gasteiger partial charge < -0.3 is 14.1 Å². The Bertz CT molecular complexity index is 1460. The number of nitrogens with one attached hydrogen (secondary N) is 1. The summed E-state index contributed by atoms with van der Waals surface area (Å²) in [7, 11) is 0. The maximum Gasteiger partial charge on any atom is 0.420 e. The van der Waals surface area contributed by atoms with Gasteiger partial charge in [0.25, 0.3) is 0 Å². The fourth-order valence-electron chi connectivity index (χ4n) is 3.56. The summed E-state index contributed by atoms with van der Waals surface area (Å²) in [5.41, 5.74) is 5.37. The lowest BCUT2D eigenvalue weighted by Gasteiger charge is -2.07. The van der Waals surface area contributed by atoms with E-state index >= 15 is 0 Å². The van der Waals surface area contributed by atoms with Crippen LogP contribution in [0.2, 0.25) is 0 Å². The van der Waals surface area contributed by atoms with Gasteiger partial charge >= 0.3 is 5.76 Å². The molecule has 5 aromatic rings. The van der Waals surface area contributed by atoms with E-state index in [1.165, 1.54) is 4.57 Å². The number of hydrogen-bond donors (Lipinski definition) is 1. The second kappa shape index (κ2) is 7.04. The predicted octanol–water partition coefficient (Wildman–Crippen LogP) is 3.86. The number of aryl methyl sites for hydroxylation is 1. The van der Waals surface area contributed by atoms with Gasteiger partial charge in [-0.3, -0.25) is 9.36 Å². The SMILES string of the molecule is Cc1cccn2cc(-c3cccc(NC(=O)Cn4c(=O)oc5ccccc54)c3)nc12. The van der Waals surface area contributed by atoms with Crippen LogP contribution >= 0.6 is 0 Å². The van der Waals surface area contributed by atoms with Crippen molar-refractivity contribution in [3.63, 3.8) is 0 Å². The fourth-order valence-corrected chi connectivity index (χ4v) is 3.56. The van der Waals surface area contributed by atoms with Crippen LogP contribution in [0.5, 0.6) is 0 Å². The van der Waals surface area contributed by atoms with Crippen LogP contribution in [-0.2, 0) is 11.3 Å². The first-order valence-electron chi connectivity index (χ1n) is 9.51. The molecular weight excluding hydrogens is 380 g/mol. The Morgan fingerprint density at radius 2 is 1.97 bits per heavy atom. The zero-order valence-corrected chi connectivity index (χ0v) is 16.2. The number of fused-ring (bicyclic) bond motifs is 2. The van der Waals surface area contributed by atoms with Gasteiger partial charge in [0.15, 0.2) is 5.58 Å². The molecule has 0 aliphatic heterocycles. The lowest BCUT2D eigenvalue weighted by Crippen LogP contribution is -2.24. The van der Waals surface area contributed by atoms with Gasteiger partial charge in [-0.2, -0.15) is 0 Å². The van der Waals surface area contributed by atoms with Gasteiger partial charge in [-0.1, -0.05) is 30.3 Å². The normalized spacial score (nSPS) is 11.2. The average Bonchev–Trinajstić information content (AvgIpc) is 3.31. The van der Waals surface area contributed by atoms with E-state index in [4.69, 9.17) is 9.40 Å². The number of benzene rings is 2. The minimum absolute atomic E-state index is 0.131. The number of nitrogens with zero attached hydrogens (tertiary/aromatic N) is 3. The molecule has 1 amide bonds. The van der Waals surface area contributed by atoms with E-state index in [9.17, 15) is 9.59 Å². The van der Waals surface area contributed by atoms with E-state index in [0.29, 0.717) is 16.8 Å². The van der Waals surface area contributed by atoms with Crippen molar-refractivity contribution >= 4 is 28.3 Å². The summed E-state index contributed by atoms with van der Waals surface area (Å²) < 4.78 is 8.48. The zero-order chi connectivity index (χ0) is 20.7. The van der Waals surface area contributed by atoms with Crippen LogP contribution in [0.1, 0.15) is 5.56 Å². The van der Waals surface area contributed by atoms with E-state index in [-0.39, 0.29) is 12.5 Å². The van der Waals surface area contributed by atoms with Crippen molar-refractivity contribution in [2.24, 2.45) is 0 Å². The number of para-hydroxylation sites is 2. The Kier molecular flexibility index (Phi) is 4.21. The number of oxazole rings is 1. The van der Waals surface area contributed by atoms with Gasteiger partial charge in [-0.15, -0.1) is 0 Å². The molecule has 7 heteroatoms. The Morgan fingerprint density at radius 1 is 1.10 bits per heavy atom. The van der Waals surface area contributed by atoms with Gasteiger partial charge in [0.2, 0.25) is 5.91 Å². The molecule has 0 bridgehead atoms. The van der Waals surface area contributed by atoms with Gasteiger partial charge in [0.05, 0.1) is 11.2 Å². The van der Waals surface area contributed by atoms with Crippen LogP contribution in [-0.4, -0.2) is 19.9 Å². The summed E-state index contributed by atoms with van der Waals surface area (Å²) in [6.45, 7) is 1.89. The highest BCUT2D eigenvalue weighted by molar-refractivity contribution is 5.92. The fraction of sp³-hybridized carbons (Fsp3) is 0.0870. The second-order valence-electron chi connectivity index (χ2n) is 7.10. The molecular formula is C23H18N4O3. The number of anilines is 1. The van der Waals surface area contributed by atoms with Crippen LogP contribution < -0.4 is 11.1 Å². The third-order valence-corrected chi connectivity index (χ3v) is 5.00. The highest BCUT2D eigenvalue weighted by Gasteiger charge is 2.13. The van der Waals surface area contributed by atoms with Crippen LogP contribution in [0, 0.1) is 6.92 Å². The van der Waals surface area contributed by atoms with Crippen LogP contribution in [0.3, 0.4) is 0 Å². The molecule has 0 atom stereocenters. The Hall–Kier alpha value is -4.13.